The van der Waals surface area contributed by atoms with Crippen molar-refractivity contribution in [3.8, 4) is 11.6 Å². The molecule has 0 aliphatic rings. The summed E-state index contributed by atoms with van der Waals surface area (Å²) in [5.41, 5.74) is 0.940. The molecule has 0 bridgehead atoms. The molecule has 0 spiro atoms. The van der Waals surface area contributed by atoms with Crippen molar-refractivity contribution in [2.75, 3.05) is 0 Å². The highest BCUT2D eigenvalue weighted by atomic mass is 19.1. The molecule has 1 aromatic heterocycles. The predicted octanol–water partition coefficient (Wildman–Crippen LogP) is 3.90. The number of ether oxygens (including phenoxy) is 1. The maximum absolute atomic E-state index is 12.8. The Labute approximate surface area is 118 Å². The van der Waals surface area contributed by atoms with Crippen molar-refractivity contribution in [1.82, 2.24) is 10.3 Å². The largest absolute Gasteiger partial charge is 0.439 e. The van der Waals surface area contributed by atoms with Gasteiger partial charge in [-0.05, 0) is 51.1 Å². The second kappa shape index (κ2) is 6.01. The number of benzene rings is 1. The van der Waals surface area contributed by atoms with E-state index >= 15 is 0 Å². The molecule has 1 N–H and O–H groups in total. The lowest BCUT2D eigenvalue weighted by Gasteiger charge is -2.20. The van der Waals surface area contributed by atoms with E-state index in [-0.39, 0.29) is 11.4 Å². The highest BCUT2D eigenvalue weighted by Crippen LogP contribution is 2.19. The van der Waals surface area contributed by atoms with Crippen molar-refractivity contribution in [1.29, 1.82) is 0 Å². The Kier molecular flexibility index (Phi) is 4.35. The summed E-state index contributed by atoms with van der Waals surface area (Å²) in [7, 11) is 0. The molecule has 2 aromatic rings. The molecule has 2 rings (SSSR count). The van der Waals surface area contributed by atoms with Crippen molar-refractivity contribution >= 4 is 0 Å². The first-order chi connectivity index (χ1) is 9.42. The Balaban J connectivity index is 2.04. The van der Waals surface area contributed by atoms with E-state index in [1.165, 1.54) is 12.1 Å². The van der Waals surface area contributed by atoms with E-state index < -0.39 is 0 Å². The summed E-state index contributed by atoms with van der Waals surface area (Å²) < 4.78 is 18.4. The Hall–Kier alpha value is -1.94. The second-order valence-electron chi connectivity index (χ2n) is 5.63. The van der Waals surface area contributed by atoms with Gasteiger partial charge in [0.25, 0.3) is 0 Å². The van der Waals surface area contributed by atoms with Crippen LogP contribution in [0.5, 0.6) is 11.6 Å². The lowest BCUT2D eigenvalue weighted by atomic mass is 10.1. The van der Waals surface area contributed by atoms with Gasteiger partial charge in [0.05, 0.1) is 5.69 Å². The minimum absolute atomic E-state index is 0.0372. The van der Waals surface area contributed by atoms with Gasteiger partial charge in [0.2, 0.25) is 5.88 Å². The second-order valence-corrected chi connectivity index (χ2v) is 5.63. The highest BCUT2D eigenvalue weighted by molar-refractivity contribution is 5.27. The number of rotatable bonds is 4. The first-order valence-corrected chi connectivity index (χ1v) is 6.57. The molecule has 1 heterocycles. The van der Waals surface area contributed by atoms with Gasteiger partial charge in [0, 0.05) is 18.2 Å². The summed E-state index contributed by atoms with van der Waals surface area (Å²) in [6.07, 6.45) is 0. The van der Waals surface area contributed by atoms with Crippen LogP contribution in [0, 0.1) is 5.82 Å². The zero-order chi connectivity index (χ0) is 14.6. The summed E-state index contributed by atoms with van der Waals surface area (Å²) in [6, 6.07) is 11.5. The minimum atomic E-state index is -0.284. The van der Waals surface area contributed by atoms with Crippen LogP contribution in [0.3, 0.4) is 0 Å². The molecule has 0 saturated heterocycles. The van der Waals surface area contributed by atoms with Gasteiger partial charge in [-0.25, -0.2) is 9.37 Å². The molecular weight excluding hydrogens is 255 g/mol. The third-order valence-corrected chi connectivity index (χ3v) is 2.62. The highest BCUT2D eigenvalue weighted by Gasteiger charge is 2.09. The predicted molar refractivity (Wildman–Crippen MR) is 77.3 cm³/mol. The fourth-order valence-electron chi connectivity index (χ4n) is 1.59. The molecule has 0 fully saturated rings. The molecule has 0 amide bonds. The van der Waals surface area contributed by atoms with Gasteiger partial charge in [-0.3, -0.25) is 0 Å². The molecule has 0 saturated carbocycles. The Morgan fingerprint density at radius 2 is 1.80 bits per heavy atom. The Morgan fingerprint density at radius 1 is 1.10 bits per heavy atom. The van der Waals surface area contributed by atoms with E-state index in [1.54, 1.807) is 18.2 Å². The number of pyridine rings is 1. The van der Waals surface area contributed by atoms with E-state index in [0.29, 0.717) is 18.2 Å². The fourth-order valence-corrected chi connectivity index (χ4v) is 1.59. The average Bonchev–Trinajstić information content (AvgIpc) is 2.39. The van der Waals surface area contributed by atoms with Crippen LogP contribution in [0.2, 0.25) is 0 Å². The van der Waals surface area contributed by atoms with Crippen LogP contribution < -0.4 is 10.1 Å². The normalized spacial score (nSPS) is 11.4. The first-order valence-electron chi connectivity index (χ1n) is 6.57. The summed E-state index contributed by atoms with van der Waals surface area (Å²) in [5, 5.41) is 3.37. The molecule has 0 atom stereocenters. The molecule has 4 heteroatoms. The zero-order valence-corrected chi connectivity index (χ0v) is 12.0. The lowest BCUT2D eigenvalue weighted by molar-refractivity contribution is 0.416. The van der Waals surface area contributed by atoms with E-state index in [9.17, 15) is 4.39 Å². The van der Waals surface area contributed by atoms with Gasteiger partial charge >= 0.3 is 0 Å². The zero-order valence-electron chi connectivity index (χ0n) is 12.0. The maximum Gasteiger partial charge on any atom is 0.219 e. The van der Waals surface area contributed by atoms with Crippen LogP contribution in [0.4, 0.5) is 4.39 Å². The number of hydrogen-bond donors (Lipinski definition) is 1. The van der Waals surface area contributed by atoms with Crippen molar-refractivity contribution < 1.29 is 9.13 Å². The number of nitrogens with zero attached hydrogens (tertiary/aromatic N) is 1. The Bertz CT molecular complexity index is 561. The molecule has 0 unspecified atom stereocenters. The number of aromatic nitrogens is 1. The standard InChI is InChI=1S/C16H19FN2O/c1-16(2,3)18-11-13-5-4-6-15(19-13)20-14-9-7-12(17)8-10-14/h4-10,18H,11H2,1-3H3. The molecule has 0 aliphatic carbocycles. The molecule has 0 aliphatic heterocycles. The molecule has 3 nitrogen and oxygen atoms in total. The van der Waals surface area contributed by atoms with Gasteiger partial charge in [-0.15, -0.1) is 0 Å². The van der Waals surface area contributed by atoms with Gasteiger partial charge in [-0.1, -0.05) is 6.07 Å². The average molecular weight is 274 g/mol. The molecule has 1 aromatic carbocycles. The van der Waals surface area contributed by atoms with Crippen LogP contribution in [-0.4, -0.2) is 10.5 Å². The van der Waals surface area contributed by atoms with Crippen molar-refractivity contribution in [2.24, 2.45) is 0 Å². The van der Waals surface area contributed by atoms with E-state index in [4.69, 9.17) is 4.74 Å². The Morgan fingerprint density at radius 3 is 2.45 bits per heavy atom. The summed E-state index contributed by atoms with van der Waals surface area (Å²) >= 11 is 0. The quantitative estimate of drug-likeness (QED) is 0.918. The lowest BCUT2D eigenvalue weighted by Crippen LogP contribution is -2.35. The molecule has 106 valence electrons. The number of nitrogens with one attached hydrogen (secondary N) is 1. The number of hydrogen-bond acceptors (Lipinski definition) is 3. The summed E-state index contributed by atoms with van der Waals surface area (Å²) in [5.74, 6) is 0.790. The third-order valence-electron chi connectivity index (χ3n) is 2.62. The van der Waals surface area contributed by atoms with Crippen LogP contribution in [0.1, 0.15) is 26.5 Å². The van der Waals surface area contributed by atoms with Crippen molar-refractivity contribution in [3.05, 3.63) is 54.0 Å². The maximum atomic E-state index is 12.8. The van der Waals surface area contributed by atoms with Crippen molar-refractivity contribution in [2.45, 2.75) is 32.9 Å². The van der Waals surface area contributed by atoms with Gasteiger partial charge < -0.3 is 10.1 Å². The first kappa shape index (κ1) is 14.5. The van der Waals surface area contributed by atoms with E-state index in [2.05, 4.69) is 31.1 Å². The summed E-state index contributed by atoms with van der Waals surface area (Å²) in [4.78, 5) is 4.42. The molecular formula is C16H19FN2O. The van der Waals surface area contributed by atoms with Crippen LogP contribution in [-0.2, 0) is 6.54 Å². The van der Waals surface area contributed by atoms with Crippen LogP contribution >= 0.6 is 0 Å². The molecule has 0 radical (unpaired) electrons. The third kappa shape index (κ3) is 4.63. The monoisotopic (exact) mass is 274 g/mol. The summed E-state index contributed by atoms with van der Waals surface area (Å²) in [6.45, 7) is 6.98. The smallest absolute Gasteiger partial charge is 0.219 e. The van der Waals surface area contributed by atoms with Crippen LogP contribution in [0.15, 0.2) is 42.5 Å². The van der Waals surface area contributed by atoms with Crippen molar-refractivity contribution in [3.63, 3.8) is 0 Å². The number of halogens is 1. The fraction of sp³-hybridized carbons (Fsp3) is 0.312. The van der Waals surface area contributed by atoms with Gasteiger partial charge in [-0.2, -0.15) is 0 Å². The SMILES string of the molecule is CC(C)(C)NCc1cccc(Oc2ccc(F)cc2)n1. The van der Waals surface area contributed by atoms with E-state index in [1.807, 2.05) is 12.1 Å². The van der Waals surface area contributed by atoms with Gasteiger partial charge in [0.1, 0.15) is 11.6 Å². The topological polar surface area (TPSA) is 34.1 Å². The molecule has 20 heavy (non-hydrogen) atoms. The minimum Gasteiger partial charge on any atom is -0.439 e. The van der Waals surface area contributed by atoms with E-state index in [0.717, 1.165) is 5.69 Å². The van der Waals surface area contributed by atoms with Crippen LogP contribution in [0.25, 0.3) is 0 Å². The van der Waals surface area contributed by atoms with Gasteiger partial charge in [0.15, 0.2) is 0 Å².